The van der Waals surface area contributed by atoms with Crippen LogP contribution in [0.4, 0.5) is 10.5 Å². The Kier molecular flexibility index (Phi) is 6.96. The van der Waals surface area contributed by atoms with Crippen molar-refractivity contribution in [1.82, 2.24) is 4.57 Å². The van der Waals surface area contributed by atoms with Gasteiger partial charge < -0.3 is 9.30 Å². The van der Waals surface area contributed by atoms with Gasteiger partial charge in [0, 0.05) is 28.8 Å². The van der Waals surface area contributed by atoms with Gasteiger partial charge in [-0.2, -0.15) is 5.26 Å². The highest BCUT2D eigenvalue weighted by Crippen LogP contribution is 2.43. The van der Waals surface area contributed by atoms with Gasteiger partial charge in [-0.1, -0.05) is 30.3 Å². The maximum atomic E-state index is 12.1. The van der Waals surface area contributed by atoms with Crippen LogP contribution in [-0.2, 0) is 21.0 Å². The van der Waals surface area contributed by atoms with E-state index in [4.69, 9.17) is 4.74 Å². The molecule has 0 bridgehead atoms. The Balaban J connectivity index is 1.73. The second-order valence-electron chi connectivity index (χ2n) is 10.3. The Labute approximate surface area is 212 Å². The summed E-state index contributed by atoms with van der Waals surface area (Å²) < 4.78 is 30.5. The van der Waals surface area contributed by atoms with Gasteiger partial charge in [-0.05, 0) is 75.8 Å². The van der Waals surface area contributed by atoms with E-state index in [1.54, 1.807) is 6.08 Å². The Bertz CT molecular complexity index is 1470. The lowest BCUT2D eigenvalue weighted by atomic mass is 9.92. The van der Waals surface area contributed by atoms with Crippen molar-refractivity contribution in [3.8, 4) is 17.3 Å². The summed E-state index contributed by atoms with van der Waals surface area (Å²) in [5, 5.41) is 15.0. The minimum atomic E-state index is -3.18. The SMILES string of the molecule is CC(C)(C)OC(=O)Nc1ccc(-c2c(C#N)c3ccc(C/C=C/S(C)(=O)=O)cc3n2C2CCC2)cc1. The van der Waals surface area contributed by atoms with Crippen molar-refractivity contribution in [2.45, 2.75) is 58.1 Å². The Morgan fingerprint density at radius 3 is 2.44 bits per heavy atom. The van der Waals surface area contributed by atoms with Crippen LogP contribution in [0.1, 0.15) is 57.2 Å². The zero-order chi connectivity index (χ0) is 26.1. The van der Waals surface area contributed by atoms with Crippen LogP contribution in [-0.4, -0.2) is 30.9 Å². The topological polar surface area (TPSA) is 101 Å². The quantitative estimate of drug-likeness (QED) is 0.420. The number of rotatable bonds is 6. The number of nitriles is 1. The number of benzene rings is 2. The molecule has 1 N–H and O–H groups in total. The van der Waals surface area contributed by atoms with Crippen molar-refractivity contribution in [3.63, 3.8) is 0 Å². The van der Waals surface area contributed by atoms with Gasteiger partial charge in [-0.3, -0.25) is 5.32 Å². The van der Waals surface area contributed by atoms with Gasteiger partial charge in [0.25, 0.3) is 0 Å². The molecule has 4 rings (SSSR count). The second-order valence-corrected chi connectivity index (χ2v) is 12.2. The third-order valence-electron chi connectivity index (χ3n) is 6.12. The molecule has 1 heterocycles. The van der Waals surface area contributed by atoms with Gasteiger partial charge in [0.1, 0.15) is 11.7 Å². The molecule has 0 spiro atoms. The molecule has 2 aromatic carbocycles. The number of hydrogen-bond acceptors (Lipinski definition) is 5. The monoisotopic (exact) mass is 505 g/mol. The summed E-state index contributed by atoms with van der Waals surface area (Å²) in [5.41, 5.74) is 4.35. The summed E-state index contributed by atoms with van der Waals surface area (Å²) in [5.74, 6) is 0. The lowest BCUT2D eigenvalue weighted by Gasteiger charge is -2.30. The van der Waals surface area contributed by atoms with Gasteiger partial charge in [0.15, 0.2) is 9.84 Å². The van der Waals surface area contributed by atoms with Crippen molar-refractivity contribution in [1.29, 1.82) is 5.26 Å². The number of sulfone groups is 1. The molecule has 3 aromatic rings. The van der Waals surface area contributed by atoms with E-state index < -0.39 is 21.5 Å². The van der Waals surface area contributed by atoms with Crippen LogP contribution < -0.4 is 5.32 Å². The highest BCUT2D eigenvalue weighted by atomic mass is 32.2. The Morgan fingerprint density at radius 1 is 1.19 bits per heavy atom. The highest BCUT2D eigenvalue weighted by Gasteiger charge is 2.28. The number of aromatic nitrogens is 1. The predicted molar refractivity (Wildman–Crippen MR) is 143 cm³/mol. The lowest BCUT2D eigenvalue weighted by Crippen LogP contribution is -2.27. The molecule has 36 heavy (non-hydrogen) atoms. The number of fused-ring (bicyclic) bond motifs is 1. The first-order valence-corrected chi connectivity index (χ1v) is 13.9. The van der Waals surface area contributed by atoms with Gasteiger partial charge in [-0.15, -0.1) is 0 Å². The molecule has 1 saturated carbocycles. The van der Waals surface area contributed by atoms with E-state index in [1.165, 1.54) is 11.7 Å². The van der Waals surface area contributed by atoms with Gasteiger partial charge in [-0.25, -0.2) is 13.2 Å². The average Bonchev–Trinajstić information content (AvgIpc) is 3.04. The number of anilines is 1. The van der Waals surface area contributed by atoms with Crippen LogP contribution in [0.25, 0.3) is 22.2 Å². The van der Waals surface area contributed by atoms with Gasteiger partial charge in [0.05, 0.1) is 16.8 Å². The fourth-order valence-electron chi connectivity index (χ4n) is 4.40. The molecule has 1 aliphatic carbocycles. The largest absolute Gasteiger partial charge is 0.444 e. The van der Waals surface area contributed by atoms with Gasteiger partial charge >= 0.3 is 6.09 Å². The lowest BCUT2D eigenvalue weighted by molar-refractivity contribution is 0.0636. The van der Waals surface area contributed by atoms with Crippen molar-refractivity contribution < 1.29 is 17.9 Å². The number of ether oxygens (including phenoxy) is 1. The number of nitrogens with one attached hydrogen (secondary N) is 1. The zero-order valence-corrected chi connectivity index (χ0v) is 21.9. The minimum absolute atomic E-state index is 0.297. The first-order chi connectivity index (χ1) is 16.9. The first kappa shape index (κ1) is 25.5. The van der Waals surface area contributed by atoms with E-state index in [2.05, 4.69) is 22.0 Å². The fraction of sp³-hybridized carbons (Fsp3) is 0.357. The number of carbonyl (C=O) groups is 1. The second kappa shape index (κ2) is 9.82. The summed E-state index contributed by atoms with van der Waals surface area (Å²) in [7, 11) is -3.18. The van der Waals surface area contributed by atoms with E-state index in [0.717, 1.165) is 47.0 Å². The Morgan fingerprint density at radius 2 is 1.89 bits per heavy atom. The standard InChI is InChI=1S/C28H31N3O4S/c1-28(2,3)35-27(32)30-21-13-11-20(12-14-21)26-24(18-29)23-15-10-19(7-6-16-36(4,33)34)17-25(23)31(26)22-8-5-9-22/h6,10-17,22H,5,7-9H2,1-4H3,(H,30,32)/b16-6+. The molecule has 1 fully saturated rings. The van der Waals surface area contributed by atoms with E-state index in [-0.39, 0.29) is 0 Å². The van der Waals surface area contributed by atoms with Crippen LogP contribution in [0.2, 0.25) is 0 Å². The van der Waals surface area contributed by atoms with Crippen molar-refractivity contribution in [3.05, 3.63) is 65.1 Å². The van der Waals surface area contributed by atoms with E-state index in [1.807, 2.05) is 57.2 Å². The number of nitrogens with zero attached hydrogens (tertiary/aromatic N) is 2. The van der Waals surface area contributed by atoms with Crippen molar-refractivity contribution in [2.75, 3.05) is 11.6 Å². The number of carbonyl (C=O) groups excluding carboxylic acids is 1. The zero-order valence-electron chi connectivity index (χ0n) is 21.0. The molecule has 0 atom stereocenters. The fourth-order valence-corrected chi connectivity index (χ4v) is 4.84. The predicted octanol–water partition coefficient (Wildman–Crippen LogP) is 6.35. The Hall–Kier alpha value is -3.57. The average molecular weight is 506 g/mol. The summed E-state index contributed by atoms with van der Waals surface area (Å²) in [6.07, 6.45) is 6.01. The first-order valence-electron chi connectivity index (χ1n) is 12.0. The smallest absolute Gasteiger partial charge is 0.412 e. The number of allylic oxidation sites excluding steroid dienone is 1. The van der Waals surface area contributed by atoms with Crippen LogP contribution in [0.3, 0.4) is 0 Å². The molecule has 0 radical (unpaired) electrons. The van der Waals surface area contributed by atoms with E-state index in [9.17, 15) is 18.5 Å². The molecule has 188 valence electrons. The highest BCUT2D eigenvalue weighted by molar-refractivity contribution is 7.93. The number of hydrogen-bond donors (Lipinski definition) is 1. The molecule has 1 aliphatic rings. The third kappa shape index (κ3) is 5.80. The molecular formula is C28H31N3O4S. The van der Waals surface area contributed by atoms with Crippen LogP contribution in [0.5, 0.6) is 0 Å². The molecule has 8 heteroatoms. The summed E-state index contributed by atoms with van der Waals surface area (Å²) in [6, 6.07) is 16.1. The summed E-state index contributed by atoms with van der Waals surface area (Å²) >= 11 is 0. The maximum absolute atomic E-state index is 12.1. The molecule has 1 aromatic heterocycles. The van der Waals surface area contributed by atoms with Crippen LogP contribution in [0, 0.1) is 11.3 Å². The minimum Gasteiger partial charge on any atom is -0.444 e. The molecular weight excluding hydrogens is 474 g/mol. The summed E-state index contributed by atoms with van der Waals surface area (Å²) in [6.45, 7) is 5.43. The molecule has 0 unspecified atom stereocenters. The van der Waals surface area contributed by atoms with Crippen LogP contribution in [0.15, 0.2) is 53.9 Å². The molecule has 0 saturated heterocycles. The third-order valence-corrected chi connectivity index (χ3v) is 6.81. The summed E-state index contributed by atoms with van der Waals surface area (Å²) in [4.78, 5) is 12.1. The number of amides is 1. The maximum Gasteiger partial charge on any atom is 0.412 e. The van der Waals surface area contributed by atoms with Crippen molar-refractivity contribution in [2.24, 2.45) is 0 Å². The molecule has 1 amide bonds. The van der Waals surface area contributed by atoms with Gasteiger partial charge in [0.2, 0.25) is 0 Å². The normalized spacial score (nSPS) is 14.5. The van der Waals surface area contributed by atoms with E-state index >= 15 is 0 Å². The molecule has 7 nitrogen and oxygen atoms in total. The van der Waals surface area contributed by atoms with E-state index in [0.29, 0.717) is 23.7 Å². The van der Waals surface area contributed by atoms with Crippen molar-refractivity contribution >= 4 is 32.5 Å². The van der Waals surface area contributed by atoms with Crippen LogP contribution >= 0.6 is 0 Å². The molecule has 0 aliphatic heterocycles.